The van der Waals surface area contributed by atoms with Crippen molar-refractivity contribution in [3.63, 3.8) is 0 Å². The van der Waals surface area contributed by atoms with Gasteiger partial charge in [-0.3, -0.25) is 4.79 Å². The number of hydrogen-bond acceptors (Lipinski definition) is 2. The van der Waals surface area contributed by atoms with Crippen LogP contribution in [0, 0.1) is 11.2 Å². The lowest BCUT2D eigenvalue weighted by molar-refractivity contribution is 0.0929. The molecule has 1 aromatic rings. The van der Waals surface area contributed by atoms with Crippen molar-refractivity contribution >= 4 is 11.6 Å². The zero-order chi connectivity index (χ0) is 13.9. The van der Waals surface area contributed by atoms with Crippen LogP contribution < -0.4 is 11.1 Å². The van der Waals surface area contributed by atoms with E-state index >= 15 is 0 Å². The summed E-state index contributed by atoms with van der Waals surface area (Å²) in [6.45, 7) is 2.85. The van der Waals surface area contributed by atoms with Gasteiger partial charge in [-0.25, -0.2) is 4.39 Å². The third-order valence-electron chi connectivity index (χ3n) is 4.30. The van der Waals surface area contributed by atoms with E-state index in [0.29, 0.717) is 12.1 Å². The molecule has 1 aliphatic rings. The van der Waals surface area contributed by atoms with Gasteiger partial charge in [0, 0.05) is 12.2 Å². The van der Waals surface area contributed by atoms with E-state index in [4.69, 9.17) is 5.73 Å². The highest BCUT2D eigenvalue weighted by Gasteiger charge is 2.32. The standard InChI is InChI=1S/C15H21FN2O/c1-2-15(7-3-4-8-15)10-18-14(19)12-6-5-11(16)9-13(12)17/h5-6,9H,2-4,7-8,10,17H2,1H3,(H,18,19). The zero-order valence-corrected chi connectivity index (χ0v) is 11.3. The smallest absolute Gasteiger partial charge is 0.253 e. The summed E-state index contributed by atoms with van der Waals surface area (Å²) in [7, 11) is 0. The number of nitrogens with one attached hydrogen (secondary N) is 1. The quantitative estimate of drug-likeness (QED) is 0.821. The molecule has 0 spiro atoms. The molecule has 0 heterocycles. The Hall–Kier alpha value is -1.58. The Morgan fingerprint density at radius 3 is 2.68 bits per heavy atom. The highest BCUT2D eigenvalue weighted by Crippen LogP contribution is 2.40. The molecule has 1 saturated carbocycles. The van der Waals surface area contributed by atoms with Crippen molar-refractivity contribution in [2.75, 3.05) is 12.3 Å². The van der Waals surface area contributed by atoms with Gasteiger partial charge in [0.2, 0.25) is 0 Å². The molecule has 3 N–H and O–H groups in total. The summed E-state index contributed by atoms with van der Waals surface area (Å²) in [5.74, 6) is -0.632. The third kappa shape index (κ3) is 3.06. The van der Waals surface area contributed by atoms with Gasteiger partial charge in [0.25, 0.3) is 5.91 Å². The Morgan fingerprint density at radius 2 is 2.11 bits per heavy atom. The van der Waals surface area contributed by atoms with Crippen LogP contribution in [-0.4, -0.2) is 12.5 Å². The van der Waals surface area contributed by atoms with Crippen LogP contribution in [0.3, 0.4) is 0 Å². The zero-order valence-electron chi connectivity index (χ0n) is 11.3. The Bertz CT molecular complexity index is 467. The number of halogens is 1. The van der Waals surface area contributed by atoms with Crippen LogP contribution in [0.1, 0.15) is 49.4 Å². The molecule has 3 nitrogen and oxygen atoms in total. The molecule has 0 aromatic heterocycles. The summed E-state index contributed by atoms with van der Waals surface area (Å²) in [4.78, 5) is 12.1. The van der Waals surface area contributed by atoms with Gasteiger partial charge >= 0.3 is 0 Å². The van der Waals surface area contributed by atoms with Gasteiger partial charge < -0.3 is 11.1 Å². The molecule has 0 unspecified atom stereocenters. The summed E-state index contributed by atoms with van der Waals surface area (Å²) in [5, 5.41) is 2.95. The molecule has 2 rings (SSSR count). The van der Waals surface area contributed by atoms with E-state index in [2.05, 4.69) is 12.2 Å². The molecule has 1 aliphatic carbocycles. The van der Waals surface area contributed by atoms with Crippen molar-refractivity contribution in [3.8, 4) is 0 Å². The van der Waals surface area contributed by atoms with Crippen LogP contribution >= 0.6 is 0 Å². The molecular weight excluding hydrogens is 243 g/mol. The van der Waals surface area contributed by atoms with E-state index in [1.807, 2.05) is 0 Å². The average molecular weight is 264 g/mol. The highest BCUT2D eigenvalue weighted by molar-refractivity contribution is 5.99. The summed E-state index contributed by atoms with van der Waals surface area (Å²) in [6, 6.07) is 3.88. The highest BCUT2D eigenvalue weighted by atomic mass is 19.1. The first-order valence-corrected chi connectivity index (χ1v) is 6.89. The Morgan fingerprint density at radius 1 is 1.42 bits per heavy atom. The number of carbonyl (C=O) groups excluding carboxylic acids is 1. The first-order chi connectivity index (χ1) is 9.06. The second-order valence-corrected chi connectivity index (χ2v) is 5.47. The first-order valence-electron chi connectivity index (χ1n) is 6.89. The second-order valence-electron chi connectivity index (χ2n) is 5.47. The molecule has 0 bridgehead atoms. The third-order valence-corrected chi connectivity index (χ3v) is 4.30. The fourth-order valence-corrected chi connectivity index (χ4v) is 2.88. The number of benzene rings is 1. The fraction of sp³-hybridized carbons (Fsp3) is 0.533. The predicted molar refractivity (Wildman–Crippen MR) is 74.3 cm³/mol. The molecule has 4 heteroatoms. The fourth-order valence-electron chi connectivity index (χ4n) is 2.88. The van der Waals surface area contributed by atoms with Gasteiger partial charge in [-0.2, -0.15) is 0 Å². The number of hydrogen-bond donors (Lipinski definition) is 2. The molecule has 0 radical (unpaired) electrons. The minimum Gasteiger partial charge on any atom is -0.398 e. The van der Waals surface area contributed by atoms with Crippen LogP contribution in [0.15, 0.2) is 18.2 Å². The van der Waals surface area contributed by atoms with Crippen LogP contribution in [0.2, 0.25) is 0 Å². The number of nitrogen functional groups attached to an aromatic ring is 1. The molecular formula is C15H21FN2O. The number of carbonyl (C=O) groups is 1. The van der Waals surface area contributed by atoms with E-state index < -0.39 is 5.82 Å². The van der Waals surface area contributed by atoms with Crippen molar-refractivity contribution in [1.82, 2.24) is 5.32 Å². The molecule has 1 fully saturated rings. The van der Waals surface area contributed by atoms with Crippen molar-refractivity contribution in [1.29, 1.82) is 0 Å². The summed E-state index contributed by atoms with van der Waals surface area (Å²) in [5.41, 5.74) is 6.45. The largest absolute Gasteiger partial charge is 0.398 e. The van der Waals surface area contributed by atoms with E-state index in [-0.39, 0.29) is 17.0 Å². The lowest BCUT2D eigenvalue weighted by Crippen LogP contribution is -2.35. The number of anilines is 1. The van der Waals surface area contributed by atoms with Gasteiger partial charge in [0.15, 0.2) is 0 Å². The number of amides is 1. The Balaban J connectivity index is 2.01. The molecule has 0 aliphatic heterocycles. The van der Waals surface area contributed by atoms with Gasteiger partial charge in [-0.1, -0.05) is 19.8 Å². The van der Waals surface area contributed by atoms with Crippen LogP contribution in [-0.2, 0) is 0 Å². The van der Waals surface area contributed by atoms with Crippen molar-refractivity contribution in [2.45, 2.75) is 39.0 Å². The maximum Gasteiger partial charge on any atom is 0.253 e. The molecule has 1 amide bonds. The average Bonchev–Trinajstić information content (AvgIpc) is 2.85. The van der Waals surface area contributed by atoms with E-state index in [0.717, 1.165) is 6.42 Å². The van der Waals surface area contributed by atoms with Gasteiger partial charge in [-0.05, 0) is 42.9 Å². The minimum absolute atomic E-state index is 0.189. The molecule has 0 atom stereocenters. The van der Waals surface area contributed by atoms with Crippen LogP contribution in [0.5, 0.6) is 0 Å². The monoisotopic (exact) mass is 264 g/mol. The lowest BCUT2D eigenvalue weighted by Gasteiger charge is -2.27. The lowest BCUT2D eigenvalue weighted by atomic mass is 9.83. The van der Waals surface area contributed by atoms with Crippen molar-refractivity contribution in [2.24, 2.45) is 5.41 Å². The topological polar surface area (TPSA) is 55.1 Å². The molecule has 19 heavy (non-hydrogen) atoms. The normalized spacial score (nSPS) is 17.4. The maximum atomic E-state index is 12.9. The number of nitrogens with two attached hydrogens (primary N) is 1. The van der Waals surface area contributed by atoms with Crippen LogP contribution in [0.4, 0.5) is 10.1 Å². The maximum absolute atomic E-state index is 12.9. The first kappa shape index (κ1) is 13.8. The SMILES string of the molecule is CCC1(CNC(=O)c2ccc(F)cc2N)CCCC1. The van der Waals surface area contributed by atoms with E-state index in [9.17, 15) is 9.18 Å². The van der Waals surface area contributed by atoms with Gasteiger partial charge in [0.05, 0.1) is 5.56 Å². The molecule has 104 valence electrons. The molecule has 1 aromatic carbocycles. The summed E-state index contributed by atoms with van der Waals surface area (Å²) < 4.78 is 12.9. The van der Waals surface area contributed by atoms with E-state index in [1.165, 1.54) is 43.9 Å². The van der Waals surface area contributed by atoms with Crippen molar-refractivity contribution in [3.05, 3.63) is 29.6 Å². The predicted octanol–water partition coefficient (Wildman–Crippen LogP) is 3.11. The summed E-state index contributed by atoms with van der Waals surface area (Å²) >= 11 is 0. The van der Waals surface area contributed by atoms with E-state index in [1.54, 1.807) is 0 Å². The second kappa shape index (κ2) is 5.59. The van der Waals surface area contributed by atoms with Gasteiger partial charge in [0.1, 0.15) is 5.82 Å². The van der Waals surface area contributed by atoms with Crippen LogP contribution in [0.25, 0.3) is 0 Å². The van der Waals surface area contributed by atoms with Gasteiger partial charge in [-0.15, -0.1) is 0 Å². The Kier molecular flexibility index (Phi) is 4.08. The number of rotatable bonds is 4. The minimum atomic E-state index is -0.421. The van der Waals surface area contributed by atoms with Crippen molar-refractivity contribution < 1.29 is 9.18 Å². The molecule has 0 saturated heterocycles. The summed E-state index contributed by atoms with van der Waals surface area (Å²) in [6.07, 6.45) is 5.89. The Labute approximate surface area is 113 Å².